The fourth-order valence-corrected chi connectivity index (χ4v) is 5.81. The molecule has 0 aromatic carbocycles. The van der Waals surface area contributed by atoms with Gasteiger partial charge in [-0.25, -0.2) is 29.1 Å². The summed E-state index contributed by atoms with van der Waals surface area (Å²) in [7, 11) is 0. The number of carboxylic acids is 6. The Kier molecular flexibility index (Phi) is 16.7. The van der Waals surface area contributed by atoms with Gasteiger partial charge in [0.05, 0.1) is 24.9 Å². The fourth-order valence-electron chi connectivity index (χ4n) is 5.81. The van der Waals surface area contributed by atoms with Gasteiger partial charge in [0, 0.05) is 18.5 Å². The van der Waals surface area contributed by atoms with E-state index < -0.39 is 91.3 Å². The molecule has 51 heavy (non-hydrogen) atoms. The summed E-state index contributed by atoms with van der Waals surface area (Å²) in [6.45, 7) is -1.78. The van der Waals surface area contributed by atoms with Gasteiger partial charge in [0.2, 0.25) is 5.91 Å². The zero-order chi connectivity index (χ0) is 38.1. The minimum Gasteiger partial charge on any atom is -0.481 e. The third kappa shape index (κ3) is 15.0. The molecule has 0 saturated heterocycles. The SMILES string of the molecule is O=C(O)CCC(NC(=O)NC(CCCCNC(=O)Cn1cc(CN(N(CC(=O)O)CC(=O)O)C2(CC(=O)O)CCCCC2)nn1)C(=O)O)C(=O)O. The Bertz CT molecular complexity index is 1400. The lowest BCUT2D eigenvalue weighted by atomic mass is 9.78. The lowest BCUT2D eigenvalue weighted by Gasteiger charge is -2.49. The van der Waals surface area contributed by atoms with Crippen molar-refractivity contribution in [3.63, 3.8) is 0 Å². The summed E-state index contributed by atoms with van der Waals surface area (Å²) in [5.74, 6) is -8.41. The number of nitrogens with zero attached hydrogens (tertiary/aromatic N) is 5. The number of hydrogen-bond acceptors (Lipinski definition) is 12. The average Bonchev–Trinajstić information content (AvgIpc) is 3.46. The van der Waals surface area contributed by atoms with E-state index in [-0.39, 0.29) is 44.6 Å². The van der Waals surface area contributed by atoms with Crippen LogP contribution in [0.1, 0.15) is 76.3 Å². The Morgan fingerprint density at radius 2 is 1.37 bits per heavy atom. The van der Waals surface area contributed by atoms with Crippen LogP contribution in [-0.4, -0.2) is 141 Å². The molecular weight excluding hydrogens is 684 g/mol. The number of aromatic nitrogens is 3. The van der Waals surface area contributed by atoms with Crippen LogP contribution in [0, 0.1) is 0 Å². The maximum Gasteiger partial charge on any atom is 0.326 e. The first-order valence-corrected chi connectivity index (χ1v) is 16.1. The number of amides is 3. The van der Waals surface area contributed by atoms with E-state index in [0.717, 1.165) is 11.4 Å². The van der Waals surface area contributed by atoms with Crippen molar-refractivity contribution in [1.29, 1.82) is 0 Å². The van der Waals surface area contributed by atoms with Crippen LogP contribution in [-0.2, 0) is 46.7 Å². The molecule has 284 valence electrons. The molecule has 1 fully saturated rings. The Labute approximate surface area is 290 Å². The number of carbonyl (C=O) groups is 8. The second kappa shape index (κ2) is 20.3. The van der Waals surface area contributed by atoms with E-state index in [4.69, 9.17) is 10.2 Å². The van der Waals surface area contributed by atoms with Crippen LogP contribution in [0.2, 0.25) is 0 Å². The molecule has 0 spiro atoms. The molecule has 2 rings (SSSR count). The molecule has 22 heteroatoms. The molecule has 0 bridgehead atoms. The quantitative estimate of drug-likeness (QED) is 0.0455. The van der Waals surface area contributed by atoms with Gasteiger partial charge in [-0.1, -0.05) is 24.5 Å². The van der Waals surface area contributed by atoms with E-state index in [1.165, 1.54) is 15.9 Å². The van der Waals surface area contributed by atoms with E-state index in [9.17, 15) is 58.8 Å². The lowest BCUT2D eigenvalue weighted by Crippen LogP contribution is -2.60. The number of hydrazine groups is 1. The highest BCUT2D eigenvalue weighted by Gasteiger charge is 2.44. The van der Waals surface area contributed by atoms with Crippen molar-refractivity contribution in [2.24, 2.45) is 0 Å². The zero-order valence-electron chi connectivity index (χ0n) is 27.7. The summed E-state index contributed by atoms with van der Waals surface area (Å²) in [6, 6.07) is -4.04. The molecule has 1 saturated carbocycles. The second-order valence-corrected chi connectivity index (χ2v) is 12.1. The van der Waals surface area contributed by atoms with Gasteiger partial charge in [-0.3, -0.25) is 24.0 Å². The smallest absolute Gasteiger partial charge is 0.326 e. The Hall–Kier alpha value is -5.38. The second-order valence-electron chi connectivity index (χ2n) is 12.1. The maximum atomic E-state index is 12.6. The van der Waals surface area contributed by atoms with Crippen LogP contribution in [0.25, 0.3) is 0 Å². The minimum absolute atomic E-state index is 0.0709. The first-order chi connectivity index (χ1) is 24.0. The number of unbranched alkanes of at least 4 members (excludes halogenated alkanes) is 1. The summed E-state index contributed by atoms with van der Waals surface area (Å²) >= 11 is 0. The van der Waals surface area contributed by atoms with E-state index in [0.29, 0.717) is 32.1 Å². The molecule has 0 radical (unpaired) electrons. The van der Waals surface area contributed by atoms with E-state index in [1.54, 1.807) is 0 Å². The van der Waals surface area contributed by atoms with Crippen molar-refractivity contribution >= 4 is 47.8 Å². The van der Waals surface area contributed by atoms with Crippen LogP contribution in [0.3, 0.4) is 0 Å². The number of aliphatic carboxylic acids is 6. The first-order valence-electron chi connectivity index (χ1n) is 16.1. The van der Waals surface area contributed by atoms with Gasteiger partial charge in [0.25, 0.3) is 0 Å². The molecule has 1 aliphatic carbocycles. The minimum atomic E-state index is -1.54. The van der Waals surface area contributed by atoms with Gasteiger partial charge in [0.15, 0.2) is 0 Å². The van der Waals surface area contributed by atoms with Crippen molar-refractivity contribution < 1.29 is 69.0 Å². The maximum absolute atomic E-state index is 12.6. The van der Waals surface area contributed by atoms with Gasteiger partial charge in [0.1, 0.15) is 31.7 Å². The van der Waals surface area contributed by atoms with Crippen molar-refractivity contribution in [2.75, 3.05) is 19.6 Å². The molecule has 1 aromatic rings. The summed E-state index contributed by atoms with van der Waals surface area (Å²) in [5, 5.41) is 73.4. The molecule has 22 nitrogen and oxygen atoms in total. The number of nitrogens with one attached hydrogen (secondary N) is 3. The molecular formula is C29H44N8O14. The molecule has 2 atom stereocenters. The van der Waals surface area contributed by atoms with Crippen molar-refractivity contribution in [2.45, 2.75) is 101 Å². The largest absolute Gasteiger partial charge is 0.481 e. The number of urea groups is 1. The van der Waals surface area contributed by atoms with Crippen LogP contribution in [0.4, 0.5) is 4.79 Å². The summed E-state index contributed by atoms with van der Waals surface area (Å²) in [6.07, 6.45) is 3.43. The molecule has 1 heterocycles. The third-order valence-corrected chi connectivity index (χ3v) is 8.09. The summed E-state index contributed by atoms with van der Waals surface area (Å²) in [4.78, 5) is 93.5. The highest BCUT2D eigenvalue weighted by Crippen LogP contribution is 2.38. The standard InChI is InChI=1S/C29H44N8O14/c38-21(30-11-5-2-6-19(26(47)48)31-28(51)32-20(27(49)50)7-8-22(39)40)15-35-13-18(33-34-35)14-37(36(16-24(43)44)17-25(45)46)29(12-23(41)42)9-3-1-4-10-29/h13,19-20H,1-12,14-17H2,(H,30,38)(H,39,40)(H,41,42)(H,43,44)(H,45,46)(H,47,48)(H,49,50)(H2,31,32,51). The number of hydrogen-bond donors (Lipinski definition) is 9. The van der Waals surface area contributed by atoms with Gasteiger partial charge >= 0.3 is 41.8 Å². The third-order valence-electron chi connectivity index (χ3n) is 8.09. The first kappa shape index (κ1) is 41.8. The van der Waals surface area contributed by atoms with Gasteiger partial charge in [-0.05, 0) is 38.5 Å². The van der Waals surface area contributed by atoms with Gasteiger partial charge in [-0.2, -0.15) is 0 Å². The lowest BCUT2D eigenvalue weighted by molar-refractivity contribution is -0.174. The topological polar surface area (TPSA) is 331 Å². The average molecular weight is 729 g/mol. The van der Waals surface area contributed by atoms with Gasteiger partial charge in [-0.15, -0.1) is 5.10 Å². The van der Waals surface area contributed by atoms with Crippen molar-refractivity contribution in [3.05, 3.63) is 11.9 Å². The van der Waals surface area contributed by atoms with Crippen LogP contribution in [0.15, 0.2) is 6.20 Å². The number of rotatable bonds is 24. The van der Waals surface area contributed by atoms with Crippen LogP contribution < -0.4 is 16.0 Å². The van der Waals surface area contributed by atoms with Crippen molar-refractivity contribution in [3.8, 4) is 0 Å². The van der Waals surface area contributed by atoms with Crippen LogP contribution >= 0.6 is 0 Å². The number of carboxylic acid groups (broad SMARTS) is 6. The van der Waals surface area contributed by atoms with E-state index >= 15 is 0 Å². The molecule has 3 amide bonds. The summed E-state index contributed by atoms with van der Waals surface area (Å²) < 4.78 is 1.19. The highest BCUT2D eigenvalue weighted by molar-refractivity contribution is 5.86. The van der Waals surface area contributed by atoms with E-state index in [2.05, 4.69) is 20.9 Å². The van der Waals surface area contributed by atoms with Gasteiger partial charge < -0.3 is 46.6 Å². The molecule has 9 N–H and O–H groups in total. The Balaban J connectivity index is 1.97. The fraction of sp³-hybridized carbons (Fsp3) is 0.655. The molecule has 0 aliphatic heterocycles. The van der Waals surface area contributed by atoms with E-state index in [1.807, 2.05) is 5.32 Å². The monoisotopic (exact) mass is 728 g/mol. The zero-order valence-corrected chi connectivity index (χ0v) is 27.7. The van der Waals surface area contributed by atoms with Crippen LogP contribution in [0.5, 0.6) is 0 Å². The molecule has 2 unspecified atom stereocenters. The normalized spacial score (nSPS) is 15.0. The highest BCUT2D eigenvalue weighted by atomic mass is 16.4. The molecule has 1 aromatic heterocycles. The Morgan fingerprint density at radius 1 is 0.784 bits per heavy atom. The van der Waals surface area contributed by atoms with Crippen molar-refractivity contribution in [1.82, 2.24) is 41.0 Å². The Morgan fingerprint density at radius 3 is 1.90 bits per heavy atom. The number of carbonyl (C=O) groups excluding carboxylic acids is 2. The summed E-state index contributed by atoms with van der Waals surface area (Å²) in [5.41, 5.74) is -0.857. The predicted molar refractivity (Wildman–Crippen MR) is 169 cm³/mol. The predicted octanol–water partition coefficient (Wildman–Crippen LogP) is -0.999. The molecule has 1 aliphatic rings.